The first kappa shape index (κ1) is 20.7. The van der Waals surface area contributed by atoms with Crippen LogP contribution in [0.2, 0.25) is 5.02 Å². The maximum absolute atomic E-state index is 13.0. The number of nitrogens with zero attached hydrogens (tertiary/aromatic N) is 1. The lowest BCUT2D eigenvalue weighted by Crippen LogP contribution is -2.60. The van der Waals surface area contributed by atoms with Gasteiger partial charge in [-0.1, -0.05) is 11.6 Å². The van der Waals surface area contributed by atoms with Crippen LogP contribution in [-0.4, -0.2) is 53.6 Å². The smallest absolute Gasteiger partial charge is 0.416 e. The highest BCUT2D eigenvalue weighted by Crippen LogP contribution is 2.34. The molecule has 3 atom stereocenters. The SMILES string of the molecule is O=C(O)[C@H]1CCNC[C@@H]1N1CCC[C@@H](Nc2cc(Cl)cc(C(F)(F)F)c2)C1=O. The standard InChI is InChI=1S/C18H21ClF3N3O3/c19-11-6-10(18(20,21)22)7-12(8-11)24-14-2-1-5-25(16(14)26)15-9-23-4-3-13(15)17(27)28/h6-8,13-15,23-24H,1-5,9H2,(H,27,28)/t13-,14+,15-/m0/s1. The fraction of sp³-hybridized carbons (Fsp3) is 0.556. The van der Waals surface area contributed by atoms with Crippen molar-refractivity contribution in [3.05, 3.63) is 28.8 Å². The number of anilines is 1. The molecule has 2 aliphatic rings. The van der Waals surface area contributed by atoms with Gasteiger partial charge in [0.05, 0.1) is 17.5 Å². The molecule has 3 rings (SSSR count). The highest BCUT2D eigenvalue weighted by Gasteiger charge is 2.41. The first-order chi connectivity index (χ1) is 13.2. The third-order valence-electron chi connectivity index (χ3n) is 5.21. The Morgan fingerprint density at radius 3 is 2.71 bits per heavy atom. The highest BCUT2D eigenvalue weighted by atomic mass is 35.5. The van der Waals surface area contributed by atoms with E-state index in [4.69, 9.17) is 11.6 Å². The van der Waals surface area contributed by atoms with Gasteiger partial charge in [0.25, 0.3) is 0 Å². The van der Waals surface area contributed by atoms with Crippen molar-refractivity contribution in [2.75, 3.05) is 25.0 Å². The minimum absolute atomic E-state index is 0.0835. The van der Waals surface area contributed by atoms with Gasteiger partial charge in [0, 0.05) is 23.8 Å². The zero-order chi connectivity index (χ0) is 20.5. The van der Waals surface area contributed by atoms with Crippen LogP contribution in [0.25, 0.3) is 0 Å². The van der Waals surface area contributed by atoms with Crippen LogP contribution in [0, 0.1) is 5.92 Å². The van der Waals surface area contributed by atoms with Crippen molar-refractivity contribution in [1.82, 2.24) is 10.2 Å². The monoisotopic (exact) mass is 419 g/mol. The number of halogens is 4. The van der Waals surface area contributed by atoms with E-state index in [1.807, 2.05) is 0 Å². The van der Waals surface area contributed by atoms with Gasteiger partial charge in [0.15, 0.2) is 0 Å². The minimum Gasteiger partial charge on any atom is -0.481 e. The summed E-state index contributed by atoms with van der Waals surface area (Å²) in [7, 11) is 0. The molecule has 1 amide bonds. The van der Waals surface area contributed by atoms with Crippen molar-refractivity contribution >= 4 is 29.2 Å². The second kappa shape index (κ2) is 8.16. The molecule has 0 spiro atoms. The summed E-state index contributed by atoms with van der Waals surface area (Å²) in [5.41, 5.74) is -0.790. The molecule has 6 nitrogen and oxygen atoms in total. The third-order valence-corrected chi connectivity index (χ3v) is 5.42. The largest absolute Gasteiger partial charge is 0.481 e. The number of carbonyl (C=O) groups is 2. The highest BCUT2D eigenvalue weighted by molar-refractivity contribution is 6.31. The molecule has 0 aromatic heterocycles. The number of hydrogen-bond donors (Lipinski definition) is 3. The van der Waals surface area contributed by atoms with Crippen molar-refractivity contribution in [3.8, 4) is 0 Å². The summed E-state index contributed by atoms with van der Waals surface area (Å²) in [6.45, 7) is 1.38. The molecule has 0 radical (unpaired) electrons. The maximum atomic E-state index is 13.0. The molecule has 2 heterocycles. The van der Waals surface area contributed by atoms with Crippen LogP contribution in [-0.2, 0) is 15.8 Å². The number of carbonyl (C=O) groups excluding carboxylic acids is 1. The van der Waals surface area contributed by atoms with Crippen molar-refractivity contribution in [2.45, 2.75) is 37.5 Å². The van der Waals surface area contributed by atoms with Crippen molar-refractivity contribution in [2.24, 2.45) is 5.92 Å². The average Bonchev–Trinajstić information content (AvgIpc) is 2.62. The molecule has 2 aliphatic heterocycles. The normalized spacial score (nSPS) is 26.2. The number of piperidine rings is 2. The lowest BCUT2D eigenvalue weighted by Gasteiger charge is -2.42. The number of benzene rings is 1. The molecule has 0 saturated carbocycles. The fourth-order valence-corrected chi connectivity index (χ4v) is 4.09. The summed E-state index contributed by atoms with van der Waals surface area (Å²) in [4.78, 5) is 26.0. The van der Waals surface area contributed by atoms with E-state index < -0.39 is 35.7 Å². The van der Waals surface area contributed by atoms with Gasteiger partial charge in [0.1, 0.15) is 6.04 Å². The van der Waals surface area contributed by atoms with E-state index in [0.717, 1.165) is 12.1 Å². The number of alkyl halides is 3. The summed E-state index contributed by atoms with van der Waals surface area (Å²) in [6, 6.07) is 1.87. The van der Waals surface area contributed by atoms with Crippen molar-refractivity contribution < 1.29 is 27.9 Å². The van der Waals surface area contributed by atoms with Gasteiger partial charge >= 0.3 is 12.1 Å². The fourth-order valence-electron chi connectivity index (χ4n) is 3.86. The van der Waals surface area contributed by atoms with Gasteiger partial charge in [-0.3, -0.25) is 9.59 Å². The Bertz CT molecular complexity index is 759. The van der Waals surface area contributed by atoms with Crippen LogP contribution in [0.15, 0.2) is 18.2 Å². The molecule has 0 bridgehead atoms. The minimum atomic E-state index is -4.55. The maximum Gasteiger partial charge on any atom is 0.416 e. The van der Waals surface area contributed by atoms with Crippen LogP contribution in [0.4, 0.5) is 18.9 Å². The Kier molecular flexibility index (Phi) is 6.04. The molecular formula is C18H21ClF3N3O3. The summed E-state index contributed by atoms with van der Waals surface area (Å²) in [5.74, 6) is -1.91. The molecule has 0 aliphatic carbocycles. The van der Waals surface area contributed by atoms with Crippen LogP contribution < -0.4 is 10.6 Å². The summed E-state index contributed by atoms with van der Waals surface area (Å²) >= 11 is 5.81. The topological polar surface area (TPSA) is 81.7 Å². The van der Waals surface area contributed by atoms with Gasteiger partial charge in [-0.15, -0.1) is 0 Å². The Labute approximate surface area is 165 Å². The molecule has 2 fully saturated rings. The number of nitrogens with one attached hydrogen (secondary N) is 2. The van der Waals surface area contributed by atoms with E-state index >= 15 is 0 Å². The number of rotatable bonds is 4. The molecule has 2 saturated heterocycles. The van der Waals surface area contributed by atoms with E-state index in [9.17, 15) is 27.9 Å². The summed E-state index contributed by atoms with van der Waals surface area (Å²) in [5, 5.41) is 15.3. The number of carboxylic acids is 1. The van der Waals surface area contributed by atoms with Crippen LogP contribution in [0.3, 0.4) is 0 Å². The van der Waals surface area contributed by atoms with Gasteiger partial charge in [0.2, 0.25) is 5.91 Å². The number of carboxylic acid groups (broad SMARTS) is 1. The van der Waals surface area contributed by atoms with E-state index in [1.54, 1.807) is 4.90 Å². The third kappa shape index (κ3) is 4.52. The molecule has 1 aromatic carbocycles. The zero-order valence-corrected chi connectivity index (χ0v) is 15.7. The van der Waals surface area contributed by atoms with Gasteiger partial charge in [-0.05, 0) is 44.0 Å². The predicted octanol–water partition coefficient (Wildman–Crippen LogP) is 2.82. The van der Waals surface area contributed by atoms with Crippen LogP contribution in [0.1, 0.15) is 24.8 Å². The second-order valence-corrected chi connectivity index (χ2v) is 7.54. The summed E-state index contributed by atoms with van der Waals surface area (Å²) < 4.78 is 39.0. The predicted molar refractivity (Wildman–Crippen MR) is 97.2 cm³/mol. The van der Waals surface area contributed by atoms with E-state index in [2.05, 4.69) is 10.6 Å². The van der Waals surface area contributed by atoms with Crippen LogP contribution >= 0.6 is 11.6 Å². The molecule has 0 unspecified atom stereocenters. The lowest BCUT2D eigenvalue weighted by molar-refractivity contribution is -0.149. The number of amides is 1. The Hall–Kier alpha value is -2.00. The first-order valence-electron chi connectivity index (χ1n) is 9.05. The van der Waals surface area contributed by atoms with Gasteiger partial charge in [-0.25, -0.2) is 0 Å². The van der Waals surface area contributed by atoms with E-state index in [-0.39, 0.29) is 16.6 Å². The Morgan fingerprint density at radius 1 is 1.29 bits per heavy atom. The van der Waals surface area contributed by atoms with Gasteiger partial charge in [-0.2, -0.15) is 13.2 Å². The van der Waals surface area contributed by atoms with Crippen LogP contribution in [0.5, 0.6) is 0 Å². The van der Waals surface area contributed by atoms with Gasteiger partial charge < -0.3 is 20.6 Å². The summed E-state index contributed by atoms with van der Waals surface area (Å²) in [6.07, 6.45) is -3.06. The quantitative estimate of drug-likeness (QED) is 0.699. The van der Waals surface area contributed by atoms with Crippen molar-refractivity contribution in [3.63, 3.8) is 0 Å². The zero-order valence-electron chi connectivity index (χ0n) is 14.9. The lowest BCUT2D eigenvalue weighted by atomic mass is 9.89. The molecule has 1 aromatic rings. The number of likely N-dealkylation sites (tertiary alicyclic amines) is 1. The molecule has 3 N–H and O–H groups in total. The number of hydrogen-bond acceptors (Lipinski definition) is 4. The molecule has 154 valence electrons. The number of aliphatic carboxylic acids is 1. The Morgan fingerprint density at radius 2 is 2.04 bits per heavy atom. The van der Waals surface area contributed by atoms with E-state index in [1.165, 1.54) is 6.07 Å². The van der Waals surface area contributed by atoms with Crippen molar-refractivity contribution in [1.29, 1.82) is 0 Å². The molecule has 10 heteroatoms. The average molecular weight is 420 g/mol. The first-order valence-corrected chi connectivity index (χ1v) is 9.43. The second-order valence-electron chi connectivity index (χ2n) is 7.10. The molecule has 28 heavy (non-hydrogen) atoms. The molecular weight excluding hydrogens is 399 g/mol. The Balaban J connectivity index is 1.78. The van der Waals surface area contributed by atoms with E-state index in [0.29, 0.717) is 38.9 Å².